The standard InChI is InChI=1S/C17H22ClNO/c1-16(13-3-5-14(18)6-4-13)8-9-17(2)11-15(20)7-10-19(17)12-16/h3-6H,7-12H2,1-2H3. The van der Waals surface area contributed by atoms with Crippen LogP contribution in [0.25, 0.3) is 0 Å². The molecule has 2 saturated heterocycles. The Labute approximate surface area is 126 Å². The van der Waals surface area contributed by atoms with Crippen LogP contribution in [0.1, 0.15) is 45.1 Å². The lowest BCUT2D eigenvalue weighted by atomic mass is 9.68. The van der Waals surface area contributed by atoms with Crippen LogP contribution in [0, 0.1) is 0 Å². The van der Waals surface area contributed by atoms with Gasteiger partial charge in [0.25, 0.3) is 0 Å². The average Bonchev–Trinajstić information content (AvgIpc) is 2.40. The Bertz CT molecular complexity index is 526. The summed E-state index contributed by atoms with van der Waals surface area (Å²) < 4.78 is 0. The molecule has 0 aromatic heterocycles. The molecule has 3 rings (SSSR count). The highest BCUT2D eigenvalue weighted by Crippen LogP contribution is 2.43. The van der Waals surface area contributed by atoms with Crippen molar-refractivity contribution in [2.45, 2.75) is 50.5 Å². The van der Waals surface area contributed by atoms with Crippen LogP contribution in [0.15, 0.2) is 24.3 Å². The van der Waals surface area contributed by atoms with Crippen LogP contribution in [-0.4, -0.2) is 29.3 Å². The summed E-state index contributed by atoms with van der Waals surface area (Å²) in [6.45, 7) is 6.55. The van der Waals surface area contributed by atoms with Crippen molar-refractivity contribution < 1.29 is 4.79 Å². The van der Waals surface area contributed by atoms with E-state index in [1.165, 1.54) is 5.56 Å². The summed E-state index contributed by atoms with van der Waals surface area (Å²) in [7, 11) is 0. The van der Waals surface area contributed by atoms with Gasteiger partial charge in [0.2, 0.25) is 0 Å². The minimum Gasteiger partial charge on any atom is -0.300 e. The van der Waals surface area contributed by atoms with Gasteiger partial charge >= 0.3 is 0 Å². The van der Waals surface area contributed by atoms with Crippen LogP contribution in [0.2, 0.25) is 5.02 Å². The van der Waals surface area contributed by atoms with Crippen LogP contribution >= 0.6 is 11.6 Å². The van der Waals surface area contributed by atoms with Crippen LogP contribution in [-0.2, 0) is 10.2 Å². The Morgan fingerprint density at radius 3 is 2.55 bits per heavy atom. The minimum atomic E-state index is 0.0846. The Morgan fingerprint density at radius 1 is 1.15 bits per heavy atom. The van der Waals surface area contributed by atoms with E-state index in [9.17, 15) is 4.79 Å². The maximum atomic E-state index is 11.8. The van der Waals surface area contributed by atoms with E-state index < -0.39 is 0 Å². The number of ketones is 1. The fraction of sp³-hybridized carbons (Fsp3) is 0.588. The molecule has 2 unspecified atom stereocenters. The normalized spacial score (nSPS) is 34.9. The second kappa shape index (κ2) is 4.85. The second-order valence-electron chi connectivity index (χ2n) is 6.95. The molecule has 0 saturated carbocycles. The Morgan fingerprint density at radius 2 is 1.85 bits per heavy atom. The van der Waals surface area contributed by atoms with Crippen molar-refractivity contribution in [1.82, 2.24) is 4.90 Å². The maximum absolute atomic E-state index is 11.8. The topological polar surface area (TPSA) is 20.3 Å². The van der Waals surface area contributed by atoms with Gasteiger partial charge in [0.1, 0.15) is 5.78 Å². The molecule has 0 N–H and O–H groups in total. The van der Waals surface area contributed by atoms with Crippen LogP contribution in [0.5, 0.6) is 0 Å². The first-order valence-corrected chi connectivity index (χ1v) is 7.82. The van der Waals surface area contributed by atoms with E-state index in [1.54, 1.807) is 0 Å². The molecule has 2 heterocycles. The first kappa shape index (κ1) is 14.1. The predicted molar refractivity (Wildman–Crippen MR) is 82.3 cm³/mol. The van der Waals surface area contributed by atoms with Gasteiger partial charge in [-0.2, -0.15) is 0 Å². The summed E-state index contributed by atoms with van der Waals surface area (Å²) in [4.78, 5) is 14.3. The predicted octanol–water partition coefficient (Wildman–Crippen LogP) is 3.82. The Hall–Kier alpha value is -0.860. The number of carbonyl (C=O) groups excluding carboxylic acids is 1. The van der Waals surface area contributed by atoms with Crippen LogP contribution in [0.4, 0.5) is 0 Å². The number of carbonyl (C=O) groups is 1. The number of nitrogens with zero attached hydrogens (tertiary/aromatic N) is 1. The number of hydrogen-bond acceptors (Lipinski definition) is 2. The van der Waals surface area contributed by atoms with Gasteiger partial charge in [-0.3, -0.25) is 9.69 Å². The molecule has 0 aliphatic carbocycles. The number of benzene rings is 1. The smallest absolute Gasteiger partial charge is 0.136 e. The highest BCUT2D eigenvalue weighted by atomic mass is 35.5. The molecule has 2 nitrogen and oxygen atoms in total. The van der Waals surface area contributed by atoms with Crippen molar-refractivity contribution in [3.05, 3.63) is 34.9 Å². The Balaban J connectivity index is 1.84. The first-order valence-electron chi connectivity index (χ1n) is 7.44. The van der Waals surface area contributed by atoms with Gasteiger partial charge in [-0.25, -0.2) is 0 Å². The fourth-order valence-electron chi connectivity index (χ4n) is 3.80. The largest absolute Gasteiger partial charge is 0.300 e. The van der Waals surface area contributed by atoms with Crippen molar-refractivity contribution in [1.29, 1.82) is 0 Å². The molecule has 2 aliphatic rings. The number of fused-ring (bicyclic) bond motifs is 1. The molecular weight excluding hydrogens is 270 g/mol. The third-order valence-corrected chi connectivity index (χ3v) is 5.55. The molecule has 2 aliphatic heterocycles. The SMILES string of the molecule is CC1(c2ccc(Cl)cc2)CCC2(C)CC(=O)CCN2C1. The zero-order valence-electron chi connectivity index (χ0n) is 12.3. The number of rotatable bonds is 1. The lowest BCUT2D eigenvalue weighted by molar-refractivity contribution is -0.128. The summed E-state index contributed by atoms with van der Waals surface area (Å²) >= 11 is 6.00. The maximum Gasteiger partial charge on any atom is 0.136 e. The van der Waals surface area contributed by atoms with E-state index in [0.717, 1.165) is 37.4 Å². The average molecular weight is 292 g/mol. The molecule has 0 spiro atoms. The van der Waals surface area contributed by atoms with Crippen molar-refractivity contribution in [2.24, 2.45) is 0 Å². The van der Waals surface area contributed by atoms with Crippen molar-refractivity contribution in [3.63, 3.8) is 0 Å². The molecule has 108 valence electrons. The molecule has 2 atom stereocenters. The lowest BCUT2D eigenvalue weighted by Gasteiger charge is -2.53. The van der Waals surface area contributed by atoms with Crippen molar-refractivity contribution >= 4 is 17.4 Å². The summed E-state index contributed by atoms with van der Waals surface area (Å²) in [6.07, 6.45) is 3.67. The quantitative estimate of drug-likeness (QED) is 0.784. The molecule has 0 bridgehead atoms. The third kappa shape index (κ3) is 2.40. The monoisotopic (exact) mass is 291 g/mol. The summed E-state index contributed by atoms with van der Waals surface area (Å²) in [5.41, 5.74) is 1.62. The summed E-state index contributed by atoms with van der Waals surface area (Å²) in [6, 6.07) is 8.27. The molecule has 0 radical (unpaired) electrons. The molecule has 1 aromatic rings. The number of Topliss-reactive ketones (excluding diaryl/α,β-unsaturated/α-hetero) is 1. The minimum absolute atomic E-state index is 0.0846. The first-order chi connectivity index (χ1) is 9.41. The van der Waals surface area contributed by atoms with E-state index in [2.05, 4.69) is 30.9 Å². The van der Waals surface area contributed by atoms with E-state index in [0.29, 0.717) is 12.2 Å². The molecule has 20 heavy (non-hydrogen) atoms. The molecular formula is C17H22ClNO. The highest BCUT2D eigenvalue weighted by molar-refractivity contribution is 6.30. The number of hydrogen-bond donors (Lipinski definition) is 0. The summed E-state index contributed by atoms with van der Waals surface area (Å²) in [5.74, 6) is 0.429. The number of piperidine rings is 2. The van der Waals surface area contributed by atoms with E-state index in [-0.39, 0.29) is 11.0 Å². The lowest BCUT2D eigenvalue weighted by Crippen LogP contribution is -2.60. The molecule has 0 amide bonds. The van der Waals surface area contributed by atoms with Gasteiger partial charge in [-0.1, -0.05) is 30.7 Å². The second-order valence-corrected chi connectivity index (χ2v) is 7.39. The van der Waals surface area contributed by atoms with Crippen LogP contribution in [0.3, 0.4) is 0 Å². The van der Waals surface area contributed by atoms with Gasteiger partial charge in [0, 0.05) is 41.9 Å². The highest BCUT2D eigenvalue weighted by Gasteiger charge is 2.46. The van der Waals surface area contributed by atoms with Crippen molar-refractivity contribution in [3.8, 4) is 0 Å². The van der Waals surface area contributed by atoms with Gasteiger partial charge in [-0.15, -0.1) is 0 Å². The zero-order chi connectivity index (χ0) is 14.4. The third-order valence-electron chi connectivity index (χ3n) is 5.30. The zero-order valence-corrected chi connectivity index (χ0v) is 13.0. The van der Waals surface area contributed by atoms with Gasteiger partial charge in [-0.05, 0) is 37.5 Å². The molecule has 2 fully saturated rings. The van der Waals surface area contributed by atoms with Crippen molar-refractivity contribution in [2.75, 3.05) is 13.1 Å². The van der Waals surface area contributed by atoms with Gasteiger partial charge in [0.05, 0.1) is 0 Å². The van der Waals surface area contributed by atoms with E-state index in [1.807, 2.05) is 12.1 Å². The van der Waals surface area contributed by atoms with Gasteiger partial charge in [0.15, 0.2) is 0 Å². The molecule has 1 aromatic carbocycles. The number of halogens is 1. The van der Waals surface area contributed by atoms with Gasteiger partial charge < -0.3 is 0 Å². The summed E-state index contributed by atoms with van der Waals surface area (Å²) in [5, 5.41) is 0.793. The van der Waals surface area contributed by atoms with Crippen LogP contribution < -0.4 is 0 Å². The molecule has 3 heteroatoms. The van der Waals surface area contributed by atoms with E-state index >= 15 is 0 Å². The van der Waals surface area contributed by atoms with E-state index in [4.69, 9.17) is 11.6 Å². The fourth-order valence-corrected chi connectivity index (χ4v) is 3.93. The Kier molecular flexibility index (Phi) is 3.42.